The number of aliphatic hydroxyl groups excluding tert-OH is 1. The van der Waals surface area contributed by atoms with E-state index in [0.29, 0.717) is 12.2 Å². The zero-order chi connectivity index (χ0) is 17.3. The second-order valence-electron chi connectivity index (χ2n) is 5.57. The van der Waals surface area contributed by atoms with Gasteiger partial charge in [0.15, 0.2) is 0 Å². The standard InChI is InChI=1S/C16H16F3N3O2/c1-24-12-4-2-3-10(7-12)13-8-11(23)9-22(13)15-20-6-5-14(21-15)16(17,18)19/h2-7,11,13,23H,8-9H2,1H3/t11-,13+/m1/s1. The third-order valence-corrected chi connectivity index (χ3v) is 3.95. The summed E-state index contributed by atoms with van der Waals surface area (Å²) in [5, 5.41) is 10.00. The van der Waals surface area contributed by atoms with Crippen molar-refractivity contribution < 1.29 is 23.0 Å². The summed E-state index contributed by atoms with van der Waals surface area (Å²) in [5.74, 6) is 0.591. The van der Waals surface area contributed by atoms with Gasteiger partial charge in [-0.25, -0.2) is 9.97 Å². The number of β-amino-alcohol motifs (C(OH)–C–C–N with tert-alkyl or cyclic N) is 1. The maximum atomic E-state index is 12.9. The van der Waals surface area contributed by atoms with Gasteiger partial charge in [0.2, 0.25) is 5.95 Å². The van der Waals surface area contributed by atoms with Gasteiger partial charge in [0.25, 0.3) is 0 Å². The van der Waals surface area contributed by atoms with E-state index in [-0.39, 0.29) is 18.5 Å². The highest BCUT2D eigenvalue weighted by Crippen LogP contribution is 2.37. The molecule has 1 saturated heterocycles. The first-order valence-electron chi connectivity index (χ1n) is 7.37. The molecule has 5 nitrogen and oxygen atoms in total. The van der Waals surface area contributed by atoms with Crippen LogP contribution in [0.4, 0.5) is 19.1 Å². The van der Waals surface area contributed by atoms with Crippen molar-refractivity contribution >= 4 is 5.95 Å². The van der Waals surface area contributed by atoms with Crippen molar-refractivity contribution in [2.45, 2.75) is 24.7 Å². The molecule has 128 valence electrons. The fraction of sp³-hybridized carbons (Fsp3) is 0.375. The minimum atomic E-state index is -4.54. The average Bonchev–Trinajstić information content (AvgIpc) is 2.96. The number of rotatable bonds is 3. The highest BCUT2D eigenvalue weighted by Gasteiger charge is 2.37. The van der Waals surface area contributed by atoms with Gasteiger partial charge in [0.1, 0.15) is 11.4 Å². The Hall–Kier alpha value is -2.35. The lowest BCUT2D eigenvalue weighted by Crippen LogP contribution is -2.27. The Balaban J connectivity index is 1.96. The van der Waals surface area contributed by atoms with E-state index in [4.69, 9.17) is 4.74 Å². The van der Waals surface area contributed by atoms with Gasteiger partial charge in [-0.15, -0.1) is 0 Å². The summed E-state index contributed by atoms with van der Waals surface area (Å²) in [6.45, 7) is 0.170. The van der Waals surface area contributed by atoms with Crippen molar-refractivity contribution in [1.82, 2.24) is 9.97 Å². The second kappa shape index (κ2) is 6.27. The van der Waals surface area contributed by atoms with Gasteiger partial charge < -0.3 is 14.7 Å². The maximum absolute atomic E-state index is 12.9. The zero-order valence-corrected chi connectivity index (χ0v) is 12.9. The molecule has 1 aromatic heterocycles. The van der Waals surface area contributed by atoms with Gasteiger partial charge in [-0.1, -0.05) is 12.1 Å². The normalized spacial score (nSPS) is 21.1. The van der Waals surface area contributed by atoms with Gasteiger partial charge in [-0.2, -0.15) is 13.2 Å². The van der Waals surface area contributed by atoms with Crippen LogP contribution in [0.1, 0.15) is 23.7 Å². The number of ether oxygens (including phenoxy) is 1. The summed E-state index contributed by atoms with van der Waals surface area (Å²) >= 11 is 0. The molecule has 0 aliphatic carbocycles. The van der Waals surface area contributed by atoms with E-state index in [0.717, 1.165) is 17.8 Å². The molecule has 8 heteroatoms. The fourth-order valence-corrected chi connectivity index (χ4v) is 2.84. The van der Waals surface area contributed by atoms with Gasteiger partial charge in [-0.05, 0) is 30.2 Å². The van der Waals surface area contributed by atoms with Crippen LogP contribution >= 0.6 is 0 Å². The van der Waals surface area contributed by atoms with Crippen LogP contribution in [0.5, 0.6) is 5.75 Å². The highest BCUT2D eigenvalue weighted by atomic mass is 19.4. The zero-order valence-electron chi connectivity index (χ0n) is 12.9. The van der Waals surface area contributed by atoms with Crippen LogP contribution in [-0.2, 0) is 6.18 Å². The predicted molar refractivity (Wildman–Crippen MR) is 80.7 cm³/mol. The molecule has 0 saturated carbocycles. The van der Waals surface area contributed by atoms with Gasteiger partial charge in [0.05, 0.1) is 19.3 Å². The number of halogens is 3. The number of aromatic nitrogens is 2. The third-order valence-electron chi connectivity index (χ3n) is 3.95. The fourth-order valence-electron chi connectivity index (χ4n) is 2.84. The summed E-state index contributed by atoms with van der Waals surface area (Å²) in [6, 6.07) is 7.72. The number of hydrogen-bond acceptors (Lipinski definition) is 5. The lowest BCUT2D eigenvalue weighted by Gasteiger charge is -2.25. The number of anilines is 1. The Kier molecular flexibility index (Phi) is 4.31. The molecule has 0 amide bonds. The van der Waals surface area contributed by atoms with Crippen LogP contribution in [0.25, 0.3) is 0 Å². The molecule has 3 rings (SSSR count). The number of methoxy groups -OCH3 is 1. The van der Waals surface area contributed by atoms with Crippen molar-refractivity contribution in [1.29, 1.82) is 0 Å². The molecular formula is C16H16F3N3O2. The molecule has 2 atom stereocenters. The third kappa shape index (κ3) is 3.28. The van der Waals surface area contributed by atoms with E-state index >= 15 is 0 Å². The van der Waals surface area contributed by atoms with Crippen LogP contribution in [0.2, 0.25) is 0 Å². The lowest BCUT2D eigenvalue weighted by molar-refractivity contribution is -0.141. The van der Waals surface area contributed by atoms with Gasteiger partial charge in [-0.3, -0.25) is 0 Å². The van der Waals surface area contributed by atoms with Crippen LogP contribution in [-0.4, -0.2) is 34.8 Å². The Morgan fingerprint density at radius 3 is 2.79 bits per heavy atom. The summed E-state index contributed by atoms with van der Waals surface area (Å²) in [5.41, 5.74) is -0.176. The van der Waals surface area contributed by atoms with Crippen LogP contribution in [0.3, 0.4) is 0 Å². The molecule has 1 N–H and O–H groups in total. The number of benzene rings is 1. The smallest absolute Gasteiger partial charge is 0.433 e. The summed E-state index contributed by atoms with van der Waals surface area (Å²) in [6.07, 6.45) is -3.74. The molecule has 0 radical (unpaired) electrons. The number of hydrogen-bond donors (Lipinski definition) is 1. The SMILES string of the molecule is COc1cccc([C@@H]2C[C@@H](O)CN2c2nccc(C(F)(F)F)n2)c1. The van der Waals surface area contributed by atoms with Crippen molar-refractivity contribution in [3.8, 4) is 5.75 Å². The van der Waals surface area contributed by atoms with Crippen molar-refractivity contribution in [2.24, 2.45) is 0 Å². The summed E-state index contributed by atoms with van der Waals surface area (Å²) in [4.78, 5) is 9.18. The van der Waals surface area contributed by atoms with E-state index in [9.17, 15) is 18.3 Å². The molecule has 0 bridgehead atoms. The second-order valence-corrected chi connectivity index (χ2v) is 5.57. The van der Waals surface area contributed by atoms with Crippen molar-refractivity contribution in [3.63, 3.8) is 0 Å². The topological polar surface area (TPSA) is 58.5 Å². The van der Waals surface area contributed by atoms with Crippen molar-refractivity contribution in [3.05, 3.63) is 47.8 Å². The van der Waals surface area contributed by atoms with Crippen LogP contribution in [0, 0.1) is 0 Å². The van der Waals surface area contributed by atoms with Crippen LogP contribution in [0.15, 0.2) is 36.5 Å². The number of nitrogens with zero attached hydrogens (tertiary/aromatic N) is 3. The maximum Gasteiger partial charge on any atom is 0.433 e. The minimum Gasteiger partial charge on any atom is -0.497 e. The van der Waals surface area contributed by atoms with E-state index in [1.807, 2.05) is 6.07 Å². The molecule has 1 aliphatic rings. The van der Waals surface area contributed by atoms with Crippen LogP contribution < -0.4 is 9.64 Å². The molecule has 24 heavy (non-hydrogen) atoms. The first-order valence-corrected chi connectivity index (χ1v) is 7.37. The van der Waals surface area contributed by atoms with Gasteiger partial charge in [0, 0.05) is 12.7 Å². The summed E-state index contributed by atoms with van der Waals surface area (Å²) < 4.78 is 43.8. The molecule has 0 spiro atoms. The minimum absolute atomic E-state index is 0.0470. The molecule has 1 aliphatic heterocycles. The predicted octanol–water partition coefficient (Wildman–Crippen LogP) is 2.82. The first kappa shape index (κ1) is 16.5. The monoisotopic (exact) mass is 339 g/mol. The van der Waals surface area contributed by atoms with E-state index in [1.54, 1.807) is 23.1 Å². The van der Waals surface area contributed by atoms with Crippen molar-refractivity contribution in [2.75, 3.05) is 18.6 Å². The Labute approximate surface area is 136 Å². The molecular weight excluding hydrogens is 323 g/mol. The average molecular weight is 339 g/mol. The Morgan fingerprint density at radius 1 is 1.29 bits per heavy atom. The first-order chi connectivity index (χ1) is 11.4. The van der Waals surface area contributed by atoms with E-state index in [1.165, 1.54) is 7.11 Å². The highest BCUT2D eigenvalue weighted by molar-refractivity contribution is 5.42. The quantitative estimate of drug-likeness (QED) is 0.932. The largest absolute Gasteiger partial charge is 0.497 e. The number of alkyl halides is 3. The molecule has 1 aromatic carbocycles. The Bertz CT molecular complexity index is 724. The molecule has 0 unspecified atom stereocenters. The molecule has 1 fully saturated rings. The van der Waals surface area contributed by atoms with Gasteiger partial charge >= 0.3 is 6.18 Å². The Morgan fingerprint density at radius 2 is 2.08 bits per heavy atom. The number of aliphatic hydroxyl groups is 1. The molecule has 2 heterocycles. The molecule has 2 aromatic rings. The summed E-state index contributed by atoms with van der Waals surface area (Å²) in [7, 11) is 1.54. The van der Waals surface area contributed by atoms with E-state index in [2.05, 4.69) is 9.97 Å². The lowest BCUT2D eigenvalue weighted by atomic mass is 10.0. The van der Waals surface area contributed by atoms with E-state index < -0.39 is 18.0 Å².